The van der Waals surface area contributed by atoms with Crippen LogP contribution in [0.3, 0.4) is 0 Å². The lowest BCUT2D eigenvalue weighted by atomic mass is 10.2. The van der Waals surface area contributed by atoms with Crippen molar-refractivity contribution in [3.8, 4) is 5.75 Å². The number of ether oxygens (including phenoxy) is 1. The molecule has 108 valence electrons. The number of hydrogen-bond donors (Lipinski definition) is 2. The molecule has 0 aromatic heterocycles. The normalized spacial score (nSPS) is 10.6. The molecule has 0 unspecified atom stereocenters. The number of carbonyl (C=O) groups is 2. The van der Waals surface area contributed by atoms with E-state index in [1.165, 1.54) is 6.21 Å². The van der Waals surface area contributed by atoms with E-state index >= 15 is 0 Å². The molecule has 0 aliphatic rings. The summed E-state index contributed by atoms with van der Waals surface area (Å²) in [6.45, 7) is 5.96. The van der Waals surface area contributed by atoms with E-state index in [9.17, 15) is 9.59 Å². The number of nitrogens with zero attached hydrogens (tertiary/aromatic N) is 1. The Morgan fingerprint density at radius 1 is 1.30 bits per heavy atom. The number of hydrazone groups is 1. The van der Waals surface area contributed by atoms with Gasteiger partial charge in [0.1, 0.15) is 5.75 Å². The summed E-state index contributed by atoms with van der Waals surface area (Å²) < 4.78 is 5.41. The van der Waals surface area contributed by atoms with Crippen molar-refractivity contribution in [1.82, 2.24) is 10.7 Å². The standard InChI is InChI=1S/C14H19N3O3/c1-4-20-12-8-6-5-7-11(12)9-15-17-14(19)13(18)16-10(2)3/h5-10H,4H2,1-3H3,(H,16,18)(H,17,19)/b15-9+. The van der Waals surface area contributed by atoms with Crippen molar-refractivity contribution in [2.45, 2.75) is 26.8 Å². The fraction of sp³-hybridized carbons (Fsp3) is 0.357. The second-order valence-electron chi connectivity index (χ2n) is 4.30. The summed E-state index contributed by atoms with van der Waals surface area (Å²) in [5.41, 5.74) is 2.89. The lowest BCUT2D eigenvalue weighted by Crippen LogP contribution is -2.41. The summed E-state index contributed by atoms with van der Waals surface area (Å²) >= 11 is 0. The molecule has 20 heavy (non-hydrogen) atoms. The fourth-order valence-corrected chi connectivity index (χ4v) is 1.41. The third-order valence-electron chi connectivity index (χ3n) is 2.21. The fourth-order valence-electron chi connectivity index (χ4n) is 1.41. The van der Waals surface area contributed by atoms with Crippen LogP contribution in [-0.2, 0) is 9.59 Å². The molecular formula is C14H19N3O3. The first-order valence-corrected chi connectivity index (χ1v) is 6.40. The van der Waals surface area contributed by atoms with Crippen LogP contribution in [0.4, 0.5) is 0 Å². The van der Waals surface area contributed by atoms with Gasteiger partial charge in [0.05, 0.1) is 12.8 Å². The van der Waals surface area contributed by atoms with E-state index in [-0.39, 0.29) is 6.04 Å². The second-order valence-corrected chi connectivity index (χ2v) is 4.30. The van der Waals surface area contributed by atoms with Gasteiger partial charge in [-0.1, -0.05) is 12.1 Å². The van der Waals surface area contributed by atoms with E-state index in [1.807, 2.05) is 19.1 Å². The Kier molecular flexibility index (Phi) is 6.22. The Hall–Kier alpha value is -2.37. The van der Waals surface area contributed by atoms with Gasteiger partial charge in [0, 0.05) is 11.6 Å². The number of amides is 2. The zero-order valence-electron chi connectivity index (χ0n) is 11.8. The van der Waals surface area contributed by atoms with Gasteiger partial charge in [0.2, 0.25) is 0 Å². The SMILES string of the molecule is CCOc1ccccc1/C=N/NC(=O)C(=O)NC(C)C. The summed E-state index contributed by atoms with van der Waals surface area (Å²) in [5, 5.41) is 6.22. The third kappa shape index (κ3) is 5.09. The highest BCUT2D eigenvalue weighted by Crippen LogP contribution is 2.15. The minimum absolute atomic E-state index is 0.101. The monoisotopic (exact) mass is 277 g/mol. The first kappa shape index (κ1) is 15.7. The van der Waals surface area contributed by atoms with E-state index < -0.39 is 11.8 Å². The predicted molar refractivity (Wildman–Crippen MR) is 76.6 cm³/mol. The molecule has 6 nitrogen and oxygen atoms in total. The maximum atomic E-state index is 11.4. The van der Waals surface area contributed by atoms with Gasteiger partial charge < -0.3 is 10.1 Å². The van der Waals surface area contributed by atoms with Crippen molar-refractivity contribution in [3.05, 3.63) is 29.8 Å². The van der Waals surface area contributed by atoms with Gasteiger partial charge in [0.15, 0.2) is 0 Å². The molecule has 1 aromatic rings. The molecule has 0 saturated heterocycles. The van der Waals surface area contributed by atoms with E-state index in [1.54, 1.807) is 26.0 Å². The molecule has 0 aliphatic carbocycles. The van der Waals surface area contributed by atoms with Crippen LogP contribution in [0.5, 0.6) is 5.75 Å². The molecule has 0 heterocycles. The lowest BCUT2D eigenvalue weighted by Gasteiger charge is -2.07. The van der Waals surface area contributed by atoms with Gasteiger partial charge in [0.25, 0.3) is 0 Å². The number of hydrogen-bond acceptors (Lipinski definition) is 4. The summed E-state index contributed by atoms with van der Waals surface area (Å²) in [4.78, 5) is 22.8. The Labute approximate surface area is 118 Å². The molecule has 0 spiro atoms. The van der Waals surface area contributed by atoms with E-state index in [4.69, 9.17) is 4.74 Å². The molecule has 0 fully saturated rings. The van der Waals surface area contributed by atoms with Crippen LogP contribution in [0.15, 0.2) is 29.4 Å². The molecule has 1 rings (SSSR count). The quantitative estimate of drug-likeness (QED) is 0.480. The van der Waals surface area contributed by atoms with E-state index in [0.29, 0.717) is 12.4 Å². The maximum Gasteiger partial charge on any atom is 0.329 e. The van der Waals surface area contributed by atoms with Crippen LogP contribution < -0.4 is 15.5 Å². The van der Waals surface area contributed by atoms with Crippen molar-refractivity contribution >= 4 is 18.0 Å². The molecular weight excluding hydrogens is 258 g/mol. The van der Waals surface area contributed by atoms with Gasteiger partial charge in [-0.15, -0.1) is 0 Å². The van der Waals surface area contributed by atoms with Gasteiger partial charge in [-0.25, -0.2) is 5.43 Å². The highest BCUT2D eigenvalue weighted by atomic mass is 16.5. The first-order valence-electron chi connectivity index (χ1n) is 6.40. The van der Waals surface area contributed by atoms with Crippen LogP contribution >= 0.6 is 0 Å². The van der Waals surface area contributed by atoms with Crippen LogP contribution in [0.25, 0.3) is 0 Å². The molecule has 2 amide bonds. The average molecular weight is 277 g/mol. The number of rotatable bonds is 5. The molecule has 0 radical (unpaired) electrons. The van der Waals surface area contributed by atoms with Crippen LogP contribution in [0, 0.1) is 0 Å². The molecule has 0 saturated carbocycles. The summed E-state index contributed by atoms with van der Waals surface area (Å²) in [5.74, 6) is -0.848. The maximum absolute atomic E-state index is 11.4. The lowest BCUT2D eigenvalue weighted by molar-refractivity contribution is -0.139. The number of nitrogens with one attached hydrogen (secondary N) is 2. The van der Waals surface area contributed by atoms with Gasteiger partial charge >= 0.3 is 11.8 Å². The number of benzene rings is 1. The zero-order chi connectivity index (χ0) is 15.0. The summed E-state index contributed by atoms with van der Waals surface area (Å²) in [6.07, 6.45) is 1.44. The van der Waals surface area contributed by atoms with Crippen LogP contribution in [0.1, 0.15) is 26.3 Å². The smallest absolute Gasteiger partial charge is 0.329 e. The molecule has 1 aromatic carbocycles. The van der Waals surface area contributed by atoms with E-state index in [2.05, 4.69) is 15.8 Å². The summed E-state index contributed by atoms with van der Waals surface area (Å²) in [6, 6.07) is 7.18. The summed E-state index contributed by atoms with van der Waals surface area (Å²) in [7, 11) is 0. The number of carbonyl (C=O) groups excluding carboxylic acids is 2. The van der Waals surface area contributed by atoms with E-state index in [0.717, 1.165) is 5.56 Å². The van der Waals surface area contributed by atoms with Crippen LogP contribution in [-0.4, -0.2) is 30.7 Å². The Morgan fingerprint density at radius 3 is 2.65 bits per heavy atom. The third-order valence-corrected chi connectivity index (χ3v) is 2.21. The molecule has 6 heteroatoms. The van der Waals surface area contributed by atoms with Gasteiger partial charge in [-0.2, -0.15) is 5.10 Å². The van der Waals surface area contributed by atoms with Crippen LogP contribution in [0.2, 0.25) is 0 Å². The average Bonchev–Trinajstić information content (AvgIpc) is 2.40. The highest BCUT2D eigenvalue weighted by molar-refractivity contribution is 6.35. The van der Waals surface area contributed by atoms with Gasteiger partial charge in [-0.3, -0.25) is 9.59 Å². The van der Waals surface area contributed by atoms with Crippen molar-refractivity contribution in [3.63, 3.8) is 0 Å². The highest BCUT2D eigenvalue weighted by Gasteiger charge is 2.12. The number of para-hydroxylation sites is 1. The minimum atomic E-state index is -0.802. The Morgan fingerprint density at radius 2 is 2.00 bits per heavy atom. The van der Waals surface area contributed by atoms with Crippen molar-refractivity contribution in [1.29, 1.82) is 0 Å². The minimum Gasteiger partial charge on any atom is -0.493 e. The predicted octanol–water partition coefficient (Wildman–Crippen LogP) is 1.06. The molecule has 2 N–H and O–H groups in total. The van der Waals surface area contributed by atoms with Crippen molar-refractivity contribution in [2.75, 3.05) is 6.61 Å². The first-order chi connectivity index (χ1) is 9.54. The Bertz CT molecular complexity index is 498. The molecule has 0 atom stereocenters. The zero-order valence-corrected chi connectivity index (χ0v) is 11.8. The van der Waals surface area contributed by atoms with Gasteiger partial charge in [-0.05, 0) is 32.9 Å². The molecule has 0 aliphatic heterocycles. The second kappa shape index (κ2) is 7.93. The molecule has 0 bridgehead atoms. The largest absolute Gasteiger partial charge is 0.493 e. The van der Waals surface area contributed by atoms with Crippen molar-refractivity contribution in [2.24, 2.45) is 5.10 Å². The topological polar surface area (TPSA) is 79.8 Å². The van der Waals surface area contributed by atoms with Crippen molar-refractivity contribution < 1.29 is 14.3 Å². The Balaban J connectivity index is 2.61.